The van der Waals surface area contributed by atoms with Gasteiger partial charge in [0.1, 0.15) is 5.54 Å². The third kappa shape index (κ3) is 2.64. The Morgan fingerprint density at radius 1 is 1.56 bits per heavy atom. The van der Waals surface area contributed by atoms with Crippen molar-refractivity contribution in [1.29, 1.82) is 0 Å². The molecular formula is C11H15NO4. The van der Waals surface area contributed by atoms with Crippen molar-refractivity contribution in [3.63, 3.8) is 0 Å². The second-order valence-electron chi connectivity index (χ2n) is 3.91. The van der Waals surface area contributed by atoms with Gasteiger partial charge in [-0.2, -0.15) is 0 Å². The summed E-state index contributed by atoms with van der Waals surface area (Å²) in [6.07, 6.45) is 0.166. The number of ether oxygens (including phenoxy) is 1. The number of hydrogen-bond acceptors (Lipinski definition) is 4. The van der Waals surface area contributed by atoms with Crippen LogP contribution >= 0.6 is 0 Å². The van der Waals surface area contributed by atoms with Gasteiger partial charge in [0.25, 0.3) is 0 Å². The summed E-state index contributed by atoms with van der Waals surface area (Å²) in [4.78, 5) is 10.8. The van der Waals surface area contributed by atoms with Gasteiger partial charge in [0, 0.05) is 6.42 Å². The Morgan fingerprint density at radius 3 is 2.69 bits per heavy atom. The van der Waals surface area contributed by atoms with E-state index in [0.29, 0.717) is 11.3 Å². The number of hydrogen-bond donors (Lipinski definition) is 3. The van der Waals surface area contributed by atoms with Crippen LogP contribution in [0.3, 0.4) is 0 Å². The highest BCUT2D eigenvalue weighted by Gasteiger charge is 2.28. The SMILES string of the molecule is COc1cc(C[C@](C)(N)C(=O)O)ccc1O. The Morgan fingerprint density at radius 2 is 2.19 bits per heavy atom. The highest BCUT2D eigenvalue weighted by atomic mass is 16.5. The van der Waals surface area contributed by atoms with E-state index in [9.17, 15) is 9.90 Å². The first-order valence-corrected chi connectivity index (χ1v) is 4.75. The highest BCUT2D eigenvalue weighted by Crippen LogP contribution is 2.27. The molecular weight excluding hydrogens is 210 g/mol. The highest BCUT2D eigenvalue weighted by molar-refractivity contribution is 5.78. The summed E-state index contributed by atoms with van der Waals surface area (Å²) in [7, 11) is 1.43. The molecule has 0 saturated heterocycles. The molecule has 16 heavy (non-hydrogen) atoms. The summed E-state index contributed by atoms with van der Waals surface area (Å²) in [6.45, 7) is 1.44. The maximum atomic E-state index is 10.8. The number of carboxylic acid groups (broad SMARTS) is 1. The second kappa shape index (κ2) is 4.40. The number of aromatic hydroxyl groups is 1. The molecule has 0 saturated carbocycles. The lowest BCUT2D eigenvalue weighted by Gasteiger charge is -2.19. The molecule has 0 bridgehead atoms. The van der Waals surface area contributed by atoms with Gasteiger partial charge < -0.3 is 20.7 Å². The van der Waals surface area contributed by atoms with Crippen molar-refractivity contribution in [3.05, 3.63) is 23.8 Å². The number of phenols is 1. The molecule has 0 aliphatic heterocycles. The fourth-order valence-electron chi connectivity index (χ4n) is 1.33. The quantitative estimate of drug-likeness (QED) is 0.703. The van der Waals surface area contributed by atoms with E-state index in [4.69, 9.17) is 15.6 Å². The maximum Gasteiger partial charge on any atom is 0.323 e. The van der Waals surface area contributed by atoms with Gasteiger partial charge in [-0.25, -0.2) is 0 Å². The minimum absolute atomic E-state index is 0.0142. The molecule has 5 nitrogen and oxygen atoms in total. The molecule has 0 aliphatic carbocycles. The summed E-state index contributed by atoms with van der Waals surface area (Å²) in [6, 6.07) is 4.64. The third-order valence-electron chi connectivity index (χ3n) is 2.30. The summed E-state index contributed by atoms with van der Waals surface area (Å²) >= 11 is 0. The average molecular weight is 225 g/mol. The van der Waals surface area contributed by atoms with Crippen LogP contribution in [0.1, 0.15) is 12.5 Å². The molecule has 4 N–H and O–H groups in total. The van der Waals surface area contributed by atoms with Crippen LogP contribution < -0.4 is 10.5 Å². The molecule has 0 aromatic heterocycles. The predicted octanol–water partition coefficient (Wildman–Crippen LogP) is 0.745. The van der Waals surface area contributed by atoms with Crippen molar-refractivity contribution in [3.8, 4) is 11.5 Å². The molecule has 1 aromatic rings. The van der Waals surface area contributed by atoms with Crippen molar-refractivity contribution >= 4 is 5.97 Å². The lowest BCUT2D eigenvalue weighted by Crippen LogP contribution is -2.46. The third-order valence-corrected chi connectivity index (χ3v) is 2.30. The topological polar surface area (TPSA) is 92.8 Å². The standard InChI is InChI=1S/C11H15NO4/c1-11(12,10(14)15)6-7-3-4-8(13)9(5-7)16-2/h3-5,13H,6,12H2,1-2H3,(H,14,15)/t11-/m0/s1. The molecule has 0 unspecified atom stereocenters. The van der Waals surface area contributed by atoms with E-state index in [1.54, 1.807) is 12.1 Å². The Hall–Kier alpha value is -1.75. The van der Waals surface area contributed by atoms with Crippen molar-refractivity contribution in [2.75, 3.05) is 7.11 Å². The zero-order chi connectivity index (χ0) is 12.3. The predicted molar refractivity (Wildman–Crippen MR) is 58.6 cm³/mol. The van der Waals surface area contributed by atoms with E-state index < -0.39 is 11.5 Å². The summed E-state index contributed by atoms with van der Waals surface area (Å²) < 4.78 is 4.92. The number of carboxylic acids is 1. The van der Waals surface area contributed by atoms with Crippen LogP contribution in [0.25, 0.3) is 0 Å². The van der Waals surface area contributed by atoms with E-state index >= 15 is 0 Å². The summed E-state index contributed by atoms with van der Waals surface area (Å²) in [5.41, 5.74) is 4.98. The number of carbonyl (C=O) groups is 1. The minimum atomic E-state index is -1.33. The van der Waals surface area contributed by atoms with Crippen molar-refractivity contribution in [1.82, 2.24) is 0 Å². The number of nitrogens with two attached hydrogens (primary N) is 1. The summed E-state index contributed by atoms with van der Waals surface area (Å²) in [5, 5.41) is 18.2. The van der Waals surface area contributed by atoms with Gasteiger partial charge in [-0.1, -0.05) is 6.07 Å². The molecule has 5 heteroatoms. The van der Waals surface area contributed by atoms with Gasteiger partial charge in [0.2, 0.25) is 0 Å². The molecule has 88 valence electrons. The lowest BCUT2D eigenvalue weighted by atomic mass is 9.94. The number of methoxy groups -OCH3 is 1. The van der Waals surface area contributed by atoms with Crippen LogP contribution in [-0.4, -0.2) is 28.8 Å². The summed E-state index contributed by atoms with van der Waals surface area (Å²) in [5.74, 6) is -0.751. The second-order valence-corrected chi connectivity index (χ2v) is 3.91. The van der Waals surface area contributed by atoms with Crippen molar-refractivity contribution in [2.45, 2.75) is 18.9 Å². The Balaban J connectivity index is 2.94. The van der Waals surface area contributed by atoms with Gasteiger partial charge in [0.15, 0.2) is 11.5 Å². The number of benzene rings is 1. The first kappa shape index (κ1) is 12.3. The van der Waals surface area contributed by atoms with Crippen molar-refractivity contribution in [2.24, 2.45) is 5.73 Å². The van der Waals surface area contributed by atoms with E-state index in [0.717, 1.165) is 0 Å². The molecule has 0 aliphatic rings. The first-order valence-electron chi connectivity index (χ1n) is 4.75. The van der Waals surface area contributed by atoms with Crippen LogP contribution in [0.15, 0.2) is 18.2 Å². The molecule has 1 rings (SSSR count). The van der Waals surface area contributed by atoms with Crippen LogP contribution in [0.5, 0.6) is 11.5 Å². The van der Waals surface area contributed by atoms with Crippen LogP contribution in [0.4, 0.5) is 0 Å². The van der Waals surface area contributed by atoms with Crippen LogP contribution in [0, 0.1) is 0 Å². The Kier molecular flexibility index (Phi) is 3.39. The maximum absolute atomic E-state index is 10.8. The van der Waals surface area contributed by atoms with Crippen LogP contribution in [0.2, 0.25) is 0 Å². The number of phenolic OH excluding ortho intramolecular Hbond substituents is 1. The molecule has 0 heterocycles. The lowest BCUT2D eigenvalue weighted by molar-refractivity contribution is -0.142. The molecule has 1 atom stereocenters. The smallest absolute Gasteiger partial charge is 0.323 e. The first-order chi connectivity index (χ1) is 7.36. The minimum Gasteiger partial charge on any atom is -0.504 e. The van der Waals surface area contributed by atoms with Gasteiger partial charge in [-0.05, 0) is 24.6 Å². The van der Waals surface area contributed by atoms with Gasteiger partial charge in [-0.3, -0.25) is 4.79 Å². The molecule has 0 spiro atoms. The number of rotatable bonds is 4. The molecule has 0 amide bonds. The zero-order valence-electron chi connectivity index (χ0n) is 9.23. The fraction of sp³-hybridized carbons (Fsp3) is 0.364. The van der Waals surface area contributed by atoms with E-state index in [-0.39, 0.29) is 12.2 Å². The molecule has 0 radical (unpaired) electrons. The average Bonchev–Trinajstić information content (AvgIpc) is 2.20. The van der Waals surface area contributed by atoms with Gasteiger partial charge >= 0.3 is 5.97 Å². The molecule has 0 fully saturated rings. The van der Waals surface area contributed by atoms with E-state index in [1.165, 1.54) is 20.1 Å². The van der Waals surface area contributed by atoms with E-state index in [2.05, 4.69) is 0 Å². The zero-order valence-corrected chi connectivity index (χ0v) is 9.23. The largest absolute Gasteiger partial charge is 0.504 e. The van der Waals surface area contributed by atoms with Crippen LogP contribution in [-0.2, 0) is 11.2 Å². The monoisotopic (exact) mass is 225 g/mol. The Labute approximate surface area is 93.5 Å². The normalized spacial score (nSPS) is 14.2. The fourth-order valence-corrected chi connectivity index (χ4v) is 1.33. The van der Waals surface area contributed by atoms with E-state index in [1.807, 2.05) is 0 Å². The Bertz CT molecular complexity index is 401. The van der Waals surface area contributed by atoms with Crippen molar-refractivity contribution < 1.29 is 19.7 Å². The van der Waals surface area contributed by atoms with Gasteiger partial charge in [-0.15, -0.1) is 0 Å². The molecule has 1 aromatic carbocycles. The number of aliphatic carboxylic acids is 1. The van der Waals surface area contributed by atoms with Gasteiger partial charge in [0.05, 0.1) is 7.11 Å².